The van der Waals surface area contributed by atoms with Gasteiger partial charge in [-0.15, -0.1) is 0 Å². The molecule has 1 atom stereocenters. The lowest BCUT2D eigenvalue weighted by molar-refractivity contribution is -0.129. The molecule has 1 N–H and O–H groups in total. The lowest BCUT2D eigenvalue weighted by atomic mass is 9.94. The average molecular weight is 493 g/mol. The molecule has 1 aromatic heterocycles. The standard InChI is InChI=1S/C28H32N2O6/c1-5-29(6-2)14-9-15-30-25(20-17-19(34-3)12-13-22(20)35-4)24(27(32)28(30)33)26(31)23-16-18-10-7-8-11-21(18)36-23/h7-8,10-13,16-17,25,32H,5-6,9,14-15H2,1-4H3. The Hall–Kier alpha value is -3.78. The monoisotopic (exact) mass is 492 g/mol. The van der Waals surface area contributed by atoms with Crippen molar-refractivity contribution in [3.8, 4) is 11.5 Å². The Balaban J connectivity index is 1.78. The third kappa shape index (κ3) is 4.68. The van der Waals surface area contributed by atoms with E-state index in [2.05, 4.69) is 18.7 Å². The molecule has 1 aliphatic rings. The zero-order valence-electron chi connectivity index (χ0n) is 21.1. The second-order valence-corrected chi connectivity index (χ2v) is 8.63. The number of rotatable bonds is 11. The molecule has 36 heavy (non-hydrogen) atoms. The molecule has 0 saturated heterocycles. The number of aliphatic hydroxyl groups excluding tert-OH is 1. The van der Waals surface area contributed by atoms with E-state index in [0.29, 0.717) is 35.6 Å². The normalized spacial score (nSPS) is 15.9. The first-order chi connectivity index (χ1) is 17.4. The van der Waals surface area contributed by atoms with Crippen molar-refractivity contribution < 1.29 is 28.6 Å². The maximum absolute atomic E-state index is 13.8. The number of amides is 1. The van der Waals surface area contributed by atoms with Gasteiger partial charge in [0.15, 0.2) is 11.5 Å². The molecule has 0 aliphatic carbocycles. The molecule has 1 amide bonds. The van der Waals surface area contributed by atoms with Crippen LogP contribution >= 0.6 is 0 Å². The third-order valence-corrected chi connectivity index (χ3v) is 6.70. The summed E-state index contributed by atoms with van der Waals surface area (Å²) in [5, 5.41) is 11.8. The fraction of sp³-hybridized carbons (Fsp3) is 0.357. The predicted molar refractivity (Wildman–Crippen MR) is 137 cm³/mol. The molecule has 8 heteroatoms. The Morgan fingerprint density at radius 2 is 1.83 bits per heavy atom. The van der Waals surface area contributed by atoms with E-state index in [0.717, 1.165) is 25.0 Å². The molecular weight excluding hydrogens is 460 g/mol. The second-order valence-electron chi connectivity index (χ2n) is 8.63. The van der Waals surface area contributed by atoms with Crippen molar-refractivity contribution in [1.29, 1.82) is 0 Å². The van der Waals surface area contributed by atoms with E-state index < -0.39 is 23.5 Å². The fourth-order valence-electron chi connectivity index (χ4n) is 4.72. The Labute approximate surface area is 210 Å². The lowest BCUT2D eigenvalue weighted by Crippen LogP contribution is -2.34. The Morgan fingerprint density at radius 3 is 2.50 bits per heavy atom. The molecule has 2 aromatic carbocycles. The summed E-state index contributed by atoms with van der Waals surface area (Å²) in [5.74, 6) is -0.627. The largest absolute Gasteiger partial charge is 0.503 e. The van der Waals surface area contributed by atoms with E-state index in [9.17, 15) is 14.7 Å². The van der Waals surface area contributed by atoms with Crippen LogP contribution in [0.2, 0.25) is 0 Å². The van der Waals surface area contributed by atoms with Gasteiger partial charge in [-0.2, -0.15) is 0 Å². The minimum atomic E-state index is -0.861. The van der Waals surface area contributed by atoms with Crippen LogP contribution in [0, 0.1) is 0 Å². The van der Waals surface area contributed by atoms with Crippen molar-refractivity contribution in [2.24, 2.45) is 0 Å². The van der Waals surface area contributed by atoms with E-state index in [1.54, 1.807) is 37.4 Å². The number of fused-ring (bicyclic) bond motifs is 1. The summed E-state index contributed by atoms with van der Waals surface area (Å²) in [5.41, 5.74) is 1.07. The summed E-state index contributed by atoms with van der Waals surface area (Å²) in [4.78, 5) is 30.9. The number of aliphatic hydroxyl groups is 1. The Bertz CT molecular complexity index is 1260. The minimum absolute atomic E-state index is 0.0338. The topological polar surface area (TPSA) is 92.5 Å². The number of ether oxygens (including phenoxy) is 2. The van der Waals surface area contributed by atoms with Gasteiger partial charge in [0.2, 0.25) is 5.78 Å². The number of para-hydroxylation sites is 1. The highest BCUT2D eigenvalue weighted by molar-refractivity contribution is 6.16. The van der Waals surface area contributed by atoms with Crippen LogP contribution in [0.5, 0.6) is 11.5 Å². The molecule has 0 bridgehead atoms. The second kappa shape index (κ2) is 10.9. The number of benzene rings is 2. The summed E-state index contributed by atoms with van der Waals surface area (Å²) < 4.78 is 16.8. The summed E-state index contributed by atoms with van der Waals surface area (Å²) in [6, 6.07) is 13.2. The van der Waals surface area contributed by atoms with E-state index in [4.69, 9.17) is 13.9 Å². The van der Waals surface area contributed by atoms with Crippen molar-refractivity contribution in [3.63, 3.8) is 0 Å². The Morgan fingerprint density at radius 1 is 1.08 bits per heavy atom. The van der Waals surface area contributed by atoms with Gasteiger partial charge in [0.05, 0.1) is 25.8 Å². The quantitative estimate of drug-likeness (QED) is 0.386. The van der Waals surface area contributed by atoms with Crippen molar-refractivity contribution in [1.82, 2.24) is 9.80 Å². The van der Waals surface area contributed by atoms with Gasteiger partial charge in [-0.3, -0.25) is 9.59 Å². The van der Waals surface area contributed by atoms with E-state index in [-0.39, 0.29) is 11.3 Å². The highest BCUT2D eigenvalue weighted by Gasteiger charge is 2.45. The van der Waals surface area contributed by atoms with Gasteiger partial charge >= 0.3 is 0 Å². The number of furan rings is 1. The molecule has 0 saturated carbocycles. The highest BCUT2D eigenvalue weighted by Crippen LogP contribution is 2.44. The number of carbonyl (C=O) groups is 2. The molecule has 1 unspecified atom stereocenters. The fourth-order valence-corrected chi connectivity index (χ4v) is 4.72. The number of hydrogen-bond donors (Lipinski definition) is 1. The SMILES string of the molecule is CCN(CC)CCCN1C(=O)C(O)=C(C(=O)c2cc3ccccc3o2)C1c1cc(OC)ccc1OC. The smallest absolute Gasteiger partial charge is 0.290 e. The first-order valence-electron chi connectivity index (χ1n) is 12.1. The maximum Gasteiger partial charge on any atom is 0.290 e. The van der Waals surface area contributed by atoms with Crippen LogP contribution in [0.25, 0.3) is 11.0 Å². The summed E-state index contributed by atoms with van der Waals surface area (Å²) >= 11 is 0. The molecule has 2 heterocycles. The van der Waals surface area contributed by atoms with Crippen LogP contribution in [0.1, 0.15) is 42.4 Å². The molecule has 4 rings (SSSR count). The summed E-state index contributed by atoms with van der Waals surface area (Å²) in [7, 11) is 3.07. The molecule has 1 aliphatic heterocycles. The number of hydrogen-bond acceptors (Lipinski definition) is 7. The van der Waals surface area contributed by atoms with E-state index >= 15 is 0 Å². The Kier molecular flexibility index (Phi) is 7.64. The number of Topliss-reactive ketones (excluding diaryl/α,β-unsaturated/α-hetero) is 1. The van der Waals surface area contributed by atoms with Crippen LogP contribution in [-0.2, 0) is 4.79 Å². The molecule has 3 aromatic rings. The number of methoxy groups -OCH3 is 2. The van der Waals surface area contributed by atoms with Crippen molar-refractivity contribution >= 4 is 22.7 Å². The molecule has 8 nitrogen and oxygen atoms in total. The molecule has 0 spiro atoms. The average Bonchev–Trinajstić information content (AvgIpc) is 3.45. The number of ketones is 1. The van der Waals surface area contributed by atoms with Crippen LogP contribution in [0.3, 0.4) is 0 Å². The number of carbonyl (C=O) groups excluding carboxylic acids is 2. The van der Waals surface area contributed by atoms with Gasteiger partial charge in [0.25, 0.3) is 5.91 Å². The molecule has 0 radical (unpaired) electrons. The zero-order chi connectivity index (χ0) is 25.8. The van der Waals surface area contributed by atoms with Crippen molar-refractivity contribution in [3.05, 3.63) is 71.2 Å². The first kappa shape index (κ1) is 25.3. The van der Waals surface area contributed by atoms with Crippen LogP contribution < -0.4 is 9.47 Å². The molecule has 190 valence electrons. The third-order valence-electron chi connectivity index (χ3n) is 6.70. The number of nitrogens with zero attached hydrogens (tertiary/aromatic N) is 2. The predicted octanol–water partition coefficient (Wildman–Crippen LogP) is 4.76. The van der Waals surface area contributed by atoms with Crippen LogP contribution in [-0.4, -0.2) is 67.0 Å². The highest BCUT2D eigenvalue weighted by atomic mass is 16.5. The van der Waals surface area contributed by atoms with E-state index in [1.165, 1.54) is 12.0 Å². The zero-order valence-corrected chi connectivity index (χ0v) is 21.1. The van der Waals surface area contributed by atoms with Gasteiger partial charge in [0, 0.05) is 17.5 Å². The summed E-state index contributed by atoms with van der Waals surface area (Å²) in [6.07, 6.45) is 0.676. The first-order valence-corrected chi connectivity index (χ1v) is 12.1. The van der Waals surface area contributed by atoms with Gasteiger partial charge in [0.1, 0.15) is 17.1 Å². The van der Waals surface area contributed by atoms with Crippen LogP contribution in [0.4, 0.5) is 0 Å². The van der Waals surface area contributed by atoms with Crippen molar-refractivity contribution in [2.45, 2.75) is 26.3 Å². The van der Waals surface area contributed by atoms with Gasteiger partial charge < -0.3 is 28.8 Å². The van der Waals surface area contributed by atoms with Gasteiger partial charge in [-0.1, -0.05) is 32.0 Å². The van der Waals surface area contributed by atoms with E-state index in [1.807, 2.05) is 18.2 Å². The maximum atomic E-state index is 13.8. The molecular formula is C28H32N2O6. The molecule has 0 fully saturated rings. The van der Waals surface area contributed by atoms with Crippen molar-refractivity contribution in [2.75, 3.05) is 40.4 Å². The lowest BCUT2D eigenvalue weighted by Gasteiger charge is -2.29. The van der Waals surface area contributed by atoms with Crippen LogP contribution in [0.15, 0.2) is 64.3 Å². The van der Waals surface area contributed by atoms with Gasteiger partial charge in [-0.05, 0) is 56.4 Å². The summed E-state index contributed by atoms with van der Waals surface area (Å²) in [6.45, 7) is 7.11. The minimum Gasteiger partial charge on any atom is -0.503 e. The van der Waals surface area contributed by atoms with Gasteiger partial charge in [-0.25, -0.2) is 0 Å².